The Morgan fingerprint density at radius 1 is 1.37 bits per heavy atom. The molecule has 0 spiro atoms. The van der Waals surface area contributed by atoms with Crippen molar-refractivity contribution >= 4 is 27.7 Å². The maximum Gasteiger partial charge on any atom is 0.250 e. The van der Waals surface area contributed by atoms with Gasteiger partial charge in [-0.2, -0.15) is 0 Å². The summed E-state index contributed by atoms with van der Waals surface area (Å²) in [5, 5.41) is 2.76. The van der Waals surface area contributed by atoms with Crippen molar-refractivity contribution in [2.45, 2.75) is 19.0 Å². The molecule has 0 radical (unpaired) electrons. The summed E-state index contributed by atoms with van der Waals surface area (Å²) in [5.74, 6) is -0.263. The van der Waals surface area contributed by atoms with E-state index in [-0.39, 0.29) is 11.8 Å². The molecular weight excluding hydrogens is 308 g/mol. The van der Waals surface area contributed by atoms with Crippen molar-refractivity contribution in [2.24, 2.45) is 0 Å². The van der Waals surface area contributed by atoms with Gasteiger partial charge in [-0.25, -0.2) is 0 Å². The Bertz CT molecular complexity index is 515. The Hall–Kier alpha value is -1.62. The van der Waals surface area contributed by atoms with Gasteiger partial charge in [0, 0.05) is 4.48 Å². The molecule has 1 aromatic carbocycles. The molecule has 1 saturated heterocycles. The summed E-state index contributed by atoms with van der Waals surface area (Å²) in [6, 6.07) is 8.14. The van der Waals surface area contributed by atoms with E-state index in [1.165, 1.54) is 4.90 Å². The van der Waals surface area contributed by atoms with Crippen LogP contribution in [-0.2, 0) is 9.59 Å². The van der Waals surface area contributed by atoms with E-state index >= 15 is 0 Å². The molecule has 0 aliphatic carbocycles. The first-order valence-corrected chi connectivity index (χ1v) is 6.79. The topological polar surface area (TPSA) is 49.4 Å². The maximum absolute atomic E-state index is 12.5. The van der Waals surface area contributed by atoms with Crippen LogP contribution < -0.4 is 5.32 Å². The van der Waals surface area contributed by atoms with E-state index < -0.39 is 12.1 Å². The summed E-state index contributed by atoms with van der Waals surface area (Å²) in [5.41, 5.74) is 0.790. The molecule has 1 fully saturated rings. The first-order valence-electron chi connectivity index (χ1n) is 6.00. The summed E-state index contributed by atoms with van der Waals surface area (Å²) in [7, 11) is 0. The van der Waals surface area contributed by atoms with Crippen molar-refractivity contribution < 1.29 is 9.59 Å². The molecule has 19 heavy (non-hydrogen) atoms. The number of carbonyl (C=O) groups is 2. The van der Waals surface area contributed by atoms with Crippen LogP contribution in [0.4, 0.5) is 0 Å². The first-order chi connectivity index (χ1) is 9.00. The van der Waals surface area contributed by atoms with E-state index in [4.69, 9.17) is 0 Å². The summed E-state index contributed by atoms with van der Waals surface area (Å²) >= 11 is 3.24. The average Bonchev–Trinajstić information content (AvgIpc) is 2.39. The van der Waals surface area contributed by atoms with E-state index in [9.17, 15) is 9.59 Å². The summed E-state index contributed by atoms with van der Waals surface area (Å²) in [6.07, 6.45) is 0. The monoisotopic (exact) mass is 322 g/mol. The molecule has 4 nitrogen and oxygen atoms in total. The van der Waals surface area contributed by atoms with Crippen LogP contribution in [0.5, 0.6) is 0 Å². The van der Waals surface area contributed by atoms with E-state index in [2.05, 4.69) is 27.8 Å². The van der Waals surface area contributed by atoms with Crippen LogP contribution in [0.15, 0.2) is 41.4 Å². The lowest BCUT2D eigenvalue weighted by atomic mass is 10.0. The van der Waals surface area contributed by atoms with Gasteiger partial charge in [0.25, 0.3) is 5.91 Å². The van der Waals surface area contributed by atoms with Crippen LogP contribution in [0.25, 0.3) is 0 Å². The van der Waals surface area contributed by atoms with E-state index in [1.54, 1.807) is 6.92 Å². The molecular formula is C14H15BrN2O2. The van der Waals surface area contributed by atoms with Gasteiger partial charge >= 0.3 is 0 Å². The molecule has 0 aromatic heterocycles. The predicted octanol–water partition coefficient (Wildman–Crippen LogP) is 1.98. The largest absolute Gasteiger partial charge is 0.339 e. The Morgan fingerprint density at radius 3 is 2.58 bits per heavy atom. The molecule has 5 heteroatoms. The minimum atomic E-state index is -0.614. The van der Waals surface area contributed by atoms with Crippen molar-refractivity contribution in [2.75, 3.05) is 6.54 Å². The number of hydrogen-bond acceptors (Lipinski definition) is 2. The van der Waals surface area contributed by atoms with Gasteiger partial charge in [0.2, 0.25) is 5.91 Å². The second-order valence-corrected chi connectivity index (χ2v) is 5.63. The summed E-state index contributed by atoms with van der Waals surface area (Å²) in [6.45, 7) is 5.77. The smallest absolute Gasteiger partial charge is 0.250 e. The first kappa shape index (κ1) is 13.8. The fraction of sp³-hybridized carbons (Fsp3) is 0.286. The van der Waals surface area contributed by atoms with Gasteiger partial charge in [0.15, 0.2) is 0 Å². The van der Waals surface area contributed by atoms with E-state index in [1.807, 2.05) is 30.3 Å². The number of carbonyl (C=O) groups excluding carboxylic acids is 2. The maximum atomic E-state index is 12.5. The number of piperazine rings is 1. The highest BCUT2D eigenvalue weighted by atomic mass is 79.9. The molecule has 0 bridgehead atoms. The lowest BCUT2D eigenvalue weighted by Crippen LogP contribution is -2.58. The van der Waals surface area contributed by atoms with Gasteiger partial charge in [-0.15, -0.1) is 0 Å². The summed E-state index contributed by atoms with van der Waals surface area (Å²) in [4.78, 5) is 26.0. The molecule has 2 atom stereocenters. The molecule has 1 N–H and O–H groups in total. The third-order valence-electron chi connectivity index (χ3n) is 3.14. The Kier molecular flexibility index (Phi) is 4.04. The highest BCUT2D eigenvalue weighted by molar-refractivity contribution is 9.11. The second kappa shape index (κ2) is 5.57. The fourth-order valence-corrected chi connectivity index (χ4v) is 2.36. The van der Waals surface area contributed by atoms with Gasteiger partial charge in [0.05, 0.1) is 6.54 Å². The van der Waals surface area contributed by atoms with Gasteiger partial charge < -0.3 is 10.2 Å². The number of rotatable bonds is 3. The third kappa shape index (κ3) is 2.87. The van der Waals surface area contributed by atoms with Crippen LogP contribution in [0.2, 0.25) is 0 Å². The van der Waals surface area contributed by atoms with Gasteiger partial charge in [-0.3, -0.25) is 9.59 Å². The van der Waals surface area contributed by atoms with Crippen molar-refractivity contribution in [3.8, 4) is 0 Å². The van der Waals surface area contributed by atoms with Crippen LogP contribution in [0.1, 0.15) is 18.5 Å². The van der Waals surface area contributed by atoms with Crippen LogP contribution >= 0.6 is 15.9 Å². The number of benzene rings is 1. The second-order valence-electron chi connectivity index (χ2n) is 4.51. The Morgan fingerprint density at radius 2 is 2.00 bits per heavy atom. The average molecular weight is 323 g/mol. The fourth-order valence-electron chi connectivity index (χ4n) is 2.09. The molecule has 2 rings (SSSR count). The highest BCUT2D eigenvalue weighted by Crippen LogP contribution is 2.23. The number of nitrogens with one attached hydrogen (secondary N) is 1. The number of halogens is 1. The zero-order chi connectivity index (χ0) is 14.0. The third-order valence-corrected chi connectivity index (χ3v) is 3.39. The molecule has 1 aromatic rings. The molecule has 1 aliphatic heterocycles. The highest BCUT2D eigenvalue weighted by Gasteiger charge is 2.38. The number of amides is 2. The minimum absolute atomic E-state index is 0.112. The SMILES string of the molecule is C=C(Br)CN1C(=O)C(c2ccccc2)NC(=O)C1C. The number of hydrogen-bond donors (Lipinski definition) is 1. The van der Waals surface area contributed by atoms with Crippen molar-refractivity contribution in [1.29, 1.82) is 0 Å². The van der Waals surface area contributed by atoms with E-state index in [0.717, 1.165) is 5.56 Å². The minimum Gasteiger partial charge on any atom is -0.339 e. The quantitative estimate of drug-likeness (QED) is 0.925. The van der Waals surface area contributed by atoms with Crippen molar-refractivity contribution in [1.82, 2.24) is 10.2 Å². The van der Waals surface area contributed by atoms with Crippen LogP contribution in [0, 0.1) is 0 Å². The van der Waals surface area contributed by atoms with Gasteiger partial charge in [0.1, 0.15) is 12.1 Å². The zero-order valence-corrected chi connectivity index (χ0v) is 12.2. The zero-order valence-electron chi connectivity index (χ0n) is 10.6. The van der Waals surface area contributed by atoms with E-state index in [0.29, 0.717) is 11.0 Å². The molecule has 2 amide bonds. The van der Waals surface area contributed by atoms with Crippen LogP contribution in [-0.4, -0.2) is 29.3 Å². The number of nitrogens with zero attached hydrogens (tertiary/aromatic N) is 1. The van der Waals surface area contributed by atoms with Crippen molar-refractivity contribution in [3.05, 3.63) is 47.0 Å². The van der Waals surface area contributed by atoms with Crippen molar-refractivity contribution in [3.63, 3.8) is 0 Å². The Labute approximate surface area is 120 Å². The normalized spacial score (nSPS) is 23.2. The van der Waals surface area contributed by atoms with Gasteiger partial charge in [-0.05, 0) is 12.5 Å². The molecule has 0 saturated carbocycles. The standard InChI is InChI=1S/C14H15BrN2O2/c1-9(15)8-17-10(2)13(18)16-12(14(17)19)11-6-4-3-5-7-11/h3-7,10,12H,1,8H2,2H3,(H,16,18). The lowest BCUT2D eigenvalue weighted by molar-refractivity contribution is -0.148. The predicted molar refractivity (Wildman–Crippen MR) is 76.6 cm³/mol. The molecule has 2 unspecified atom stereocenters. The van der Waals surface area contributed by atoms with Crippen LogP contribution in [0.3, 0.4) is 0 Å². The lowest BCUT2D eigenvalue weighted by Gasteiger charge is -2.37. The summed E-state index contributed by atoms with van der Waals surface area (Å²) < 4.78 is 0.675. The van der Waals surface area contributed by atoms with Gasteiger partial charge in [-0.1, -0.05) is 52.8 Å². The molecule has 1 heterocycles. The molecule has 1 aliphatic rings. The molecule has 100 valence electrons. The Balaban J connectivity index is 2.29.